The van der Waals surface area contributed by atoms with Gasteiger partial charge in [0.1, 0.15) is 0 Å². The summed E-state index contributed by atoms with van der Waals surface area (Å²) in [5.74, 6) is -0.0952. The molecule has 1 fully saturated rings. The van der Waals surface area contributed by atoms with Crippen LogP contribution in [0.4, 0.5) is 0 Å². The summed E-state index contributed by atoms with van der Waals surface area (Å²) >= 11 is 0. The van der Waals surface area contributed by atoms with Crippen molar-refractivity contribution in [2.24, 2.45) is 5.73 Å². The van der Waals surface area contributed by atoms with Gasteiger partial charge in [0, 0.05) is 30.2 Å². The van der Waals surface area contributed by atoms with E-state index in [0.29, 0.717) is 6.42 Å². The Labute approximate surface area is 124 Å². The maximum absolute atomic E-state index is 12.2. The molecule has 0 radical (unpaired) electrons. The molecule has 1 aliphatic heterocycles. The zero-order valence-electron chi connectivity index (χ0n) is 12.1. The van der Waals surface area contributed by atoms with Gasteiger partial charge >= 0.3 is 0 Å². The minimum atomic E-state index is -0.522. The molecule has 1 saturated heterocycles. The Morgan fingerprint density at radius 3 is 2.86 bits per heavy atom. The van der Waals surface area contributed by atoms with Crippen LogP contribution in [0.2, 0.25) is 0 Å². The topological polar surface area (TPSA) is 74.1 Å². The summed E-state index contributed by atoms with van der Waals surface area (Å²) in [6, 6.07) is 7.55. The summed E-state index contributed by atoms with van der Waals surface area (Å²) < 4.78 is 0. The Balaban J connectivity index is 1.62. The normalized spacial score (nSPS) is 17.8. The van der Waals surface area contributed by atoms with Crippen LogP contribution in [0.3, 0.4) is 0 Å². The van der Waals surface area contributed by atoms with Crippen molar-refractivity contribution in [1.82, 2.24) is 15.4 Å². The molecule has 3 rings (SSSR count). The molecule has 2 aromatic rings. The highest BCUT2D eigenvalue weighted by Gasteiger charge is 2.19. The lowest BCUT2D eigenvalue weighted by molar-refractivity contribution is -0.127. The number of nitrogens with two attached hydrogens (primary N) is 1. The first-order valence-electron chi connectivity index (χ1n) is 7.60. The quantitative estimate of drug-likeness (QED) is 0.798. The van der Waals surface area contributed by atoms with Crippen LogP contribution in [0, 0.1) is 0 Å². The molecular weight excluding hydrogens is 264 g/mol. The molecule has 4 N–H and O–H groups in total. The van der Waals surface area contributed by atoms with Gasteiger partial charge in [-0.3, -0.25) is 10.2 Å². The predicted molar refractivity (Wildman–Crippen MR) is 83.5 cm³/mol. The summed E-state index contributed by atoms with van der Waals surface area (Å²) in [5.41, 5.74) is 11.2. The molecule has 1 aliphatic rings. The van der Waals surface area contributed by atoms with Crippen LogP contribution < -0.4 is 11.2 Å². The van der Waals surface area contributed by atoms with Crippen molar-refractivity contribution in [2.75, 3.05) is 13.1 Å². The van der Waals surface area contributed by atoms with E-state index in [2.05, 4.69) is 16.5 Å². The summed E-state index contributed by atoms with van der Waals surface area (Å²) in [6.07, 6.45) is 6.01. The van der Waals surface area contributed by atoms with Crippen molar-refractivity contribution in [3.63, 3.8) is 0 Å². The molecule has 0 saturated carbocycles. The van der Waals surface area contributed by atoms with E-state index in [0.717, 1.165) is 42.4 Å². The zero-order chi connectivity index (χ0) is 14.7. The predicted octanol–water partition coefficient (Wildman–Crippen LogP) is 1.55. The largest absolute Gasteiger partial charge is 0.361 e. The highest BCUT2D eigenvalue weighted by Crippen LogP contribution is 2.18. The molecule has 5 nitrogen and oxygen atoms in total. The monoisotopic (exact) mass is 286 g/mol. The van der Waals surface area contributed by atoms with Gasteiger partial charge in [-0.1, -0.05) is 24.6 Å². The van der Waals surface area contributed by atoms with Crippen molar-refractivity contribution in [3.8, 4) is 0 Å². The number of fused-ring (bicyclic) bond motifs is 1. The van der Waals surface area contributed by atoms with Gasteiger partial charge in [0.2, 0.25) is 0 Å². The Kier molecular flexibility index (Phi) is 4.22. The van der Waals surface area contributed by atoms with Crippen molar-refractivity contribution in [2.45, 2.75) is 31.7 Å². The molecule has 112 valence electrons. The van der Waals surface area contributed by atoms with Gasteiger partial charge in [0.05, 0.1) is 6.04 Å². The zero-order valence-corrected chi connectivity index (χ0v) is 12.1. The molecular formula is C16H22N4O. The number of para-hydroxylation sites is 1. The van der Waals surface area contributed by atoms with Crippen molar-refractivity contribution >= 4 is 16.8 Å². The Morgan fingerprint density at radius 1 is 1.29 bits per heavy atom. The number of benzene rings is 1. The molecule has 21 heavy (non-hydrogen) atoms. The maximum Gasteiger partial charge on any atom is 0.251 e. The lowest BCUT2D eigenvalue weighted by atomic mass is 10.1. The average Bonchev–Trinajstić information content (AvgIpc) is 2.91. The number of H-pyrrole nitrogens is 1. The van der Waals surface area contributed by atoms with Crippen LogP contribution in [0.1, 0.15) is 24.8 Å². The van der Waals surface area contributed by atoms with Crippen LogP contribution >= 0.6 is 0 Å². The number of carbonyl (C=O) groups is 1. The molecule has 0 spiro atoms. The molecule has 0 bridgehead atoms. The van der Waals surface area contributed by atoms with Gasteiger partial charge in [0.25, 0.3) is 5.91 Å². The fourth-order valence-corrected chi connectivity index (χ4v) is 2.87. The van der Waals surface area contributed by atoms with Crippen molar-refractivity contribution < 1.29 is 4.79 Å². The third kappa shape index (κ3) is 3.25. The number of carbonyl (C=O) groups excluding carboxylic acids is 1. The second-order valence-electron chi connectivity index (χ2n) is 5.69. The van der Waals surface area contributed by atoms with Gasteiger partial charge in [-0.05, 0) is 30.9 Å². The van der Waals surface area contributed by atoms with Gasteiger partial charge in [-0.2, -0.15) is 0 Å². The van der Waals surface area contributed by atoms with E-state index in [1.807, 2.05) is 29.4 Å². The Bertz CT molecular complexity index is 616. The number of aromatic nitrogens is 1. The SMILES string of the molecule is N[C@H](Cc1c[nH]c2ccccc12)C(=O)NN1CCCCC1. The van der Waals surface area contributed by atoms with Crippen LogP contribution in [-0.4, -0.2) is 35.0 Å². The molecule has 2 heterocycles. The third-order valence-electron chi connectivity index (χ3n) is 4.08. The van der Waals surface area contributed by atoms with Crippen LogP contribution in [-0.2, 0) is 11.2 Å². The Morgan fingerprint density at radius 2 is 2.05 bits per heavy atom. The number of hydrazine groups is 1. The molecule has 1 aromatic heterocycles. The minimum absolute atomic E-state index is 0.0952. The van der Waals surface area contributed by atoms with E-state index < -0.39 is 6.04 Å². The molecule has 0 aliphatic carbocycles. The smallest absolute Gasteiger partial charge is 0.251 e. The number of amides is 1. The number of nitrogens with zero attached hydrogens (tertiary/aromatic N) is 1. The van der Waals surface area contributed by atoms with E-state index in [4.69, 9.17) is 5.73 Å². The van der Waals surface area contributed by atoms with Gasteiger partial charge < -0.3 is 10.7 Å². The van der Waals surface area contributed by atoms with Gasteiger partial charge in [-0.15, -0.1) is 0 Å². The van der Waals surface area contributed by atoms with Crippen molar-refractivity contribution in [3.05, 3.63) is 36.0 Å². The first-order valence-corrected chi connectivity index (χ1v) is 7.60. The van der Waals surface area contributed by atoms with E-state index in [1.165, 1.54) is 6.42 Å². The maximum atomic E-state index is 12.2. The second-order valence-corrected chi connectivity index (χ2v) is 5.69. The highest BCUT2D eigenvalue weighted by atomic mass is 16.2. The van der Waals surface area contributed by atoms with E-state index in [1.54, 1.807) is 0 Å². The van der Waals surface area contributed by atoms with E-state index in [9.17, 15) is 4.79 Å². The standard InChI is InChI=1S/C16H22N4O/c17-14(16(21)19-20-8-4-1-5-9-20)10-12-11-18-15-7-3-2-6-13(12)15/h2-3,6-7,11,14,18H,1,4-5,8-10,17H2,(H,19,21)/t14-/m1/s1. The van der Waals surface area contributed by atoms with Crippen LogP contribution in [0.5, 0.6) is 0 Å². The number of nitrogens with one attached hydrogen (secondary N) is 2. The lowest BCUT2D eigenvalue weighted by Crippen LogP contribution is -2.51. The van der Waals surface area contributed by atoms with Crippen molar-refractivity contribution in [1.29, 1.82) is 0 Å². The molecule has 1 atom stereocenters. The first kappa shape index (κ1) is 14.1. The Hall–Kier alpha value is -1.85. The summed E-state index contributed by atoms with van der Waals surface area (Å²) in [6.45, 7) is 1.84. The van der Waals surface area contributed by atoms with E-state index in [-0.39, 0.29) is 5.91 Å². The summed E-state index contributed by atoms with van der Waals surface area (Å²) in [4.78, 5) is 15.4. The van der Waals surface area contributed by atoms with E-state index >= 15 is 0 Å². The number of hydrogen-bond acceptors (Lipinski definition) is 3. The average molecular weight is 286 g/mol. The fraction of sp³-hybridized carbons (Fsp3) is 0.438. The molecule has 5 heteroatoms. The second kappa shape index (κ2) is 6.28. The minimum Gasteiger partial charge on any atom is -0.361 e. The number of piperidine rings is 1. The van der Waals surface area contributed by atoms with Gasteiger partial charge in [0.15, 0.2) is 0 Å². The molecule has 1 aromatic carbocycles. The number of rotatable bonds is 4. The number of hydrogen-bond donors (Lipinski definition) is 3. The lowest BCUT2D eigenvalue weighted by Gasteiger charge is -2.28. The third-order valence-corrected chi connectivity index (χ3v) is 4.08. The highest BCUT2D eigenvalue weighted by molar-refractivity contribution is 5.85. The molecule has 1 amide bonds. The molecule has 0 unspecified atom stereocenters. The summed E-state index contributed by atoms with van der Waals surface area (Å²) in [7, 11) is 0. The van der Waals surface area contributed by atoms with Crippen LogP contribution in [0.25, 0.3) is 10.9 Å². The summed E-state index contributed by atoms with van der Waals surface area (Å²) in [5, 5.41) is 3.12. The fourth-order valence-electron chi connectivity index (χ4n) is 2.87. The van der Waals surface area contributed by atoms with Crippen LogP contribution in [0.15, 0.2) is 30.5 Å². The van der Waals surface area contributed by atoms with Gasteiger partial charge in [-0.25, -0.2) is 5.01 Å². The first-order chi connectivity index (χ1) is 10.2. The number of aromatic amines is 1.